The molecule has 0 spiro atoms. The van der Waals surface area contributed by atoms with Gasteiger partial charge in [-0.15, -0.1) is 0 Å². The molecule has 3 aromatic rings. The molecule has 0 radical (unpaired) electrons. The number of para-hydroxylation sites is 1. The van der Waals surface area contributed by atoms with E-state index in [9.17, 15) is 0 Å². The number of piperidine rings is 1. The molecule has 32 heavy (non-hydrogen) atoms. The molecule has 2 heterocycles. The van der Waals surface area contributed by atoms with E-state index in [1.165, 1.54) is 12.0 Å². The summed E-state index contributed by atoms with van der Waals surface area (Å²) in [6.45, 7) is 1.12. The highest BCUT2D eigenvalue weighted by Gasteiger charge is 2.25. The van der Waals surface area contributed by atoms with E-state index in [-0.39, 0.29) is 18.7 Å². The van der Waals surface area contributed by atoms with Crippen LogP contribution in [-0.4, -0.2) is 41.5 Å². The van der Waals surface area contributed by atoms with Crippen molar-refractivity contribution >= 4 is 11.8 Å². The van der Waals surface area contributed by atoms with Crippen LogP contribution in [0.4, 0.5) is 5.82 Å². The van der Waals surface area contributed by atoms with Gasteiger partial charge in [0.05, 0.1) is 6.04 Å². The maximum absolute atomic E-state index is 7.80. The predicted molar refractivity (Wildman–Crippen MR) is 125 cm³/mol. The average molecular weight is 432 g/mol. The minimum absolute atomic E-state index is 0.0904. The third-order valence-corrected chi connectivity index (χ3v) is 5.48. The van der Waals surface area contributed by atoms with Crippen molar-refractivity contribution in [1.29, 1.82) is 5.41 Å². The number of nitrogens with zero attached hydrogens (tertiary/aromatic N) is 4. The maximum atomic E-state index is 7.80. The summed E-state index contributed by atoms with van der Waals surface area (Å²) in [7, 11) is 3.54. The summed E-state index contributed by atoms with van der Waals surface area (Å²) < 4.78 is 11.4. The number of nitrogens with one attached hydrogen (secondary N) is 1. The van der Waals surface area contributed by atoms with E-state index in [0.29, 0.717) is 5.82 Å². The van der Waals surface area contributed by atoms with Crippen LogP contribution in [0.25, 0.3) is 0 Å². The highest BCUT2D eigenvalue weighted by Crippen LogP contribution is 2.35. The van der Waals surface area contributed by atoms with Gasteiger partial charge in [-0.3, -0.25) is 5.41 Å². The zero-order valence-corrected chi connectivity index (χ0v) is 18.6. The molecule has 1 aliphatic heterocycles. The molecule has 1 aliphatic rings. The molecule has 0 amide bonds. The summed E-state index contributed by atoms with van der Waals surface area (Å²) in [4.78, 5) is 13.0. The van der Waals surface area contributed by atoms with Crippen LogP contribution in [-0.2, 0) is 11.3 Å². The predicted octanol–water partition coefficient (Wildman–Crippen LogP) is 5.01. The van der Waals surface area contributed by atoms with Crippen molar-refractivity contribution in [2.45, 2.75) is 31.9 Å². The molecule has 0 bridgehead atoms. The van der Waals surface area contributed by atoms with Gasteiger partial charge in [-0.2, -0.15) is 0 Å². The Hall–Kier alpha value is -3.61. The van der Waals surface area contributed by atoms with Crippen LogP contribution in [0.2, 0.25) is 0 Å². The third-order valence-electron chi connectivity index (χ3n) is 5.48. The number of rotatable bonds is 6. The minimum Gasteiger partial charge on any atom is -0.457 e. The second kappa shape index (κ2) is 10.1. The molecule has 4 rings (SSSR count). The molecule has 1 aromatic heterocycles. The molecule has 0 aliphatic carbocycles. The van der Waals surface area contributed by atoms with Gasteiger partial charge in [0.1, 0.15) is 17.3 Å². The van der Waals surface area contributed by atoms with Gasteiger partial charge in [0.2, 0.25) is 0 Å². The van der Waals surface area contributed by atoms with Gasteiger partial charge in [0.25, 0.3) is 6.02 Å². The van der Waals surface area contributed by atoms with Crippen molar-refractivity contribution in [3.8, 4) is 11.5 Å². The lowest BCUT2D eigenvalue weighted by molar-refractivity contribution is 0.235. The fourth-order valence-electron chi connectivity index (χ4n) is 3.81. The van der Waals surface area contributed by atoms with Gasteiger partial charge in [0.15, 0.2) is 12.4 Å². The van der Waals surface area contributed by atoms with E-state index < -0.39 is 0 Å². The number of ether oxygens (including phenoxy) is 2. The van der Waals surface area contributed by atoms with Gasteiger partial charge in [-0.25, -0.2) is 9.97 Å². The Balaban J connectivity index is 1.48. The van der Waals surface area contributed by atoms with Crippen molar-refractivity contribution in [2.75, 3.05) is 25.5 Å². The molecular weight excluding hydrogens is 402 g/mol. The van der Waals surface area contributed by atoms with Crippen molar-refractivity contribution in [3.63, 3.8) is 0 Å². The van der Waals surface area contributed by atoms with E-state index in [1.54, 1.807) is 25.2 Å². The smallest absolute Gasteiger partial charge is 0.284 e. The maximum Gasteiger partial charge on any atom is 0.284 e. The molecule has 1 atom stereocenters. The summed E-state index contributed by atoms with van der Waals surface area (Å²) in [5.74, 6) is 3.12. The van der Waals surface area contributed by atoms with Crippen LogP contribution in [0, 0.1) is 5.41 Å². The molecule has 166 valence electrons. The largest absolute Gasteiger partial charge is 0.457 e. The summed E-state index contributed by atoms with van der Waals surface area (Å²) in [5.41, 5.74) is 1.25. The Morgan fingerprint density at radius 2 is 1.78 bits per heavy atom. The first-order valence-electron chi connectivity index (χ1n) is 10.9. The lowest BCUT2D eigenvalue weighted by Crippen LogP contribution is -2.34. The normalized spacial score (nSPS) is 15.8. The van der Waals surface area contributed by atoms with Gasteiger partial charge < -0.3 is 19.3 Å². The fraction of sp³-hybridized carbons (Fsp3) is 0.320. The topological polar surface area (TPSA) is 74.6 Å². The van der Waals surface area contributed by atoms with Crippen LogP contribution in [0.15, 0.2) is 66.9 Å². The zero-order chi connectivity index (χ0) is 22.3. The second-order valence-electron chi connectivity index (χ2n) is 8.01. The van der Waals surface area contributed by atoms with Crippen molar-refractivity contribution in [2.24, 2.45) is 0 Å². The van der Waals surface area contributed by atoms with Crippen LogP contribution >= 0.6 is 0 Å². The number of hydrogen-bond acceptors (Lipinski definition) is 6. The standard InChI is InChI=1S/C25H29N5O2/c1-29(2)25(26)31-18-23-27-16-15-24(28-23)30-17-7-6-10-22(30)19-11-13-21(14-12-19)32-20-8-4-3-5-9-20/h3-5,8-9,11-16,22,26H,6-7,10,17-18H2,1-2H3. The van der Waals surface area contributed by atoms with Gasteiger partial charge in [-0.1, -0.05) is 30.3 Å². The van der Waals surface area contributed by atoms with Gasteiger partial charge in [-0.05, 0) is 55.2 Å². The monoisotopic (exact) mass is 431 g/mol. The minimum atomic E-state index is 0.0904. The molecule has 7 heteroatoms. The lowest BCUT2D eigenvalue weighted by Gasteiger charge is -2.37. The molecule has 1 unspecified atom stereocenters. The molecule has 1 saturated heterocycles. The van der Waals surface area contributed by atoms with Crippen LogP contribution in [0.5, 0.6) is 11.5 Å². The number of aromatic nitrogens is 2. The van der Waals surface area contributed by atoms with E-state index in [0.717, 1.165) is 36.7 Å². The Morgan fingerprint density at radius 1 is 1.03 bits per heavy atom. The highest BCUT2D eigenvalue weighted by atomic mass is 16.5. The van der Waals surface area contributed by atoms with Crippen LogP contribution in [0.1, 0.15) is 36.7 Å². The SMILES string of the molecule is CN(C)C(=N)OCc1nccc(N2CCCCC2c2ccc(Oc3ccccc3)cc2)n1. The van der Waals surface area contributed by atoms with Gasteiger partial charge in [0, 0.05) is 26.8 Å². The Bertz CT molecular complexity index is 1020. The first kappa shape index (κ1) is 21.6. The van der Waals surface area contributed by atoms with E-state index in [2.05, 4.69) is 22.0 Å². The summed E-state index contributed by atoms with van der Waals surface area (Å²) >= 11 is 0. The molecule has 1 fully saturated rings. The summed E-state index contributed by atoms with van der Waals surface area (Å²) in [6.07, 6.45) is 5.15. The fourth-order valence-corrected chi connectivity index (χ4v) is 3.81. The molecule has 0 saturated carbocycles. The second-order valence-corrected chi connectivity index (χ2v) is 8.01. The van der Waals surface area contributed by atoms with Crippen LogP contribution in [0.3, 0.4) is 0 Å². The lowest BCUT2D eigenvalue weighted by atomic mass is 9.95. The first-order chi connectivity index (χ1) is 15.6. The average Bonchev–Trinajstić information content (AvgIpc) is 2.84. The molecule has 2 aromatic carbocycles. The van der Waals surface area contributed by atoms with Crippen molar-refractivity contribution in [1.82, 2.24) is 14.9 Å². The Kier molecular flexibility index (Phi) is 6.84. The summed E-state index contributed by atoms with van der Waals surface area (Å²) in [5, 5.41) is 7.80. The molecule has 7 nitrogen and oxygen atoms in total. The van der Waals surface area contributed by atoms with E-state index in [1.807, 2.05) is 48.5 Å². The first-order valence-corrected chi connectivity index (χ1v) is 10.9. The zero-order valence-electron chi connectivity index (χ0n) is 18.6. The van der Waals surface area contributed by atoms with Crippen molar-refractivity contribution in [3.05, 3.63) is 78.2 Å². The number of anilines is 1. The Labute approximate surface area is 189 Å². The number of hydrogen-bond donors (Lipinski definition) is 1. The van der Waals surface area contributed by atoms with E-state index >= 15 is 0 Å². The number of benzene rings is 2. The third kappa shape index (κ3) is 5.35. The highest BCUT2D eigenvalue weighted by molar-refractivity contribution is 5.69. The quantitative estimate of drug-likeness (QED) is 0.437. The Morgan fingerprint density at radius 3 is 2.53 bits per heavy atom. The van der Waals surface area contributed by atoms with E-state index in [4.69, 9.17) is 19.9 Å². The number of amidine groups is 1. The molecular formula is C25H29N5O2. The van der Waals surface area contributed by atoms with Crippen molar-refractivity contribution < 1.29 is 9.47 Å². The molecule has 1 N–H and O–H groups in total. The van der Waals surface area contributed by atoms with Gasteiger partial charge >= 0.3 is 0 Å². The summed E-state index contributed by atoms with van der Waals surface area (Å²) in [6, 6.07) is 20.4. The van der Waals surface area contributed by atoms with Crippen LogP contribution < -0.4 is 9.64 Å².